The van der Waals surface area contributed by atoms with Gasteiger partial charge >= 0.3 is 0 Å². The SMILES string of the molecule is C[C@H]1CC[C@@H](Nc2ncnc3c2C=CC3)CN1C(=O)CCCl. The zero-order valence-corrected chi connectivity index (χ0v) is 13.5. The molecule has 1 N–H and O–H groups in total. The molecule has 2 aliphatic rings. The van der Waals surface area contributed by atoms with Crippen molar-refractivity contribution in [3.63, 3.8) is 0 Å². The molecule has 22 heavy (non-hydrogen) atoms. The van der Waals surface area contributed by atoms with E-state index < -0.39 is 0 Å². The summed E-state index contributed by atoms with van der Waals surface area (Å²) in [4.78, 5) is 22.8. The monoisotopic (exact) mass is 320 g/mol. The van der Waals surface area contributed by atoms with Crippen LogP contribution in [0.1, 0.15) is 37.4 Å². The molecule has 5 nitrogen and oxygen atoms in total. The molecule has 0 bridgehead atoms. The number of fused-ring (bicyclic) bond motifs is 1. The largest absolute Gasteiger partial charge is 0.365 e. The number of halogens is 1. The van der Waals surface area contributed by atoms with Gasteiger partial charge in [-0.2, -0.15) is 0 Å². The summed E-state index contributed by atoms with van der Waals surface area (Å²) in [5.74, 6) is 1.40. The Balaban J connectivity index is 1.70. The van der Waals surface area contributed by atoms with Crippen LogP contribution in [0.15, 0.2) is 12.4 Å². The molecule has 1 aromatic heterocycles. The second-order valence-electron chi connectivity index (χ2n) is 5.94. The lowest BCUT2D eigenvalue weighted by Gasteiger charge is -2.38. The lowest BCUT2D eigenvalue weighted by molar-refractivity contribution is -0.134. The number of nitrogens with zero attached hydrogens (tertiary/aromatic N) is 3. The first-order valence-electron chi connectivity index (χ1n) is 7.81. The fourth-order valence-electron chi connectivity index (χ4n) is 3.16. The summed E-state index contributed by atoms with van der Waals surface area (Å²) in [5, 5.41) is 3.50. The molecule has 3 rings (SSSR count). The van der Waals surface area contributed by atoms with Crippen molar-refractivity contribution >= 4 is 29.4 Å². The molecule has 6 heteroatoms. The third-order valence-electron chi connectivity index (χ3n) is 4.41. The molecule has 1 aromatic rings. The van der Waals surface area contributed by atoms with Gasteiger partial charge in [-0.25, -0.2) is 9.97 Å². The quantitative estimate of drug-likeness (QED) is 0.866. The second-order valence-corrected chi connectivity index (χ2v) is 6.32. The van der Waals surface area contributed by atoms with Crippen LogP contribution in [0.2, 0.25) is 0 Å². The average molecular weight is 321 g/mol. The molecule has 1 saturated heterocycles. The minimum atomic E-state index is 0.141. The van der Waals surface area contributed by atoms with Crippen LogP contribution in [0.5, 0.6) is 0 Å². The zero-order valence-electron chi connectivity index (χ0n) is 12.8. The van der Waals surface area contributed by atoms with Crippen molar-refractivity contribution < 1.29 is 4.79 Å². The van der Waals surface area contributed by atoms with Crippen molar-refractivity contribution in [3.8, 4) is 0 Å². The van der Waals surface area contributed by atoms with Gasteiger partial charge in [0.25, 0.3) is 0 Å². The predicted molar refractivity (Wildman–Crippen MR) is 87.9 cm³/mol. The van der Waals surface area contributed by atoms with Gasteiger partial charge in [-0.05, 0) is 19.8 Å². The van der Waals surface area contributed by atoms with Crippen LogP contribution in [0.3, 0.4) is 0 Å². The molecular weight excluding hydrogens is 300 g/mol. The Morgan fingerprint density at radius 3 is 3.14 bits per heavy atom. The molecule has 0 unspecified atom stereocenters. The van der Waals surface area contributed by atoms with Crippen LogP contribution in [0.4, 0.5) is 5.82 Å². The minimum absolute atomic E-state index is 0.141. The molecule has 1 aliphatic carbocycles. The minimum Gasteiger partial charge on any atom is -0.365 e. The number of piperidine rings is 1. The fraction of sp³-hybridized carbons (Fsp3) is 0.562. The van der Waals surface area contributed by atoms with Crippen LogP contribution in [0, 0.1) is 0 Å². The van der Waals surface area contributed by atoms with E-state index in [1.807, 2.05) is 4.90 Å². The van der Waals surface area contributed by atoms with Gasteiger partial charge in [0.15, 0.2) is 0 Å². The number of anilines is 1. The first-order chi connectivity index (χ1) is 10.7. The summed E-state index contributed by atoms with van der Waals surface area (Å²) < 4.78 is 0. The third-order valence-corrected chi connectivity index (χ3v) is 4.60. The van der Waals surface area contributed by atoms with E-state index in [9.17, 15) is 4.79 Å². The lowest BCUT2D eigenvalue weighted by atomic mass is 9.98. The van der Waals surface area contributed by atoms with E-state index in [1.165, 1.54) is 0 Å². The molecule has 0 saturated carbocycles. The number of allylic oxidation sites excluding steroid dienone is 1. The highest BCUT2D eigenvalue weighted by Gasteiger charge is 2.29. The summed E-state index contributed by atoms with van der Waals surface area (Å²) in [6.45, 7) is 2.81. The smallest absolute Gasteiger partial charge is 0.224 e. The Labute approximate surface area is 135 Å². The van der Waals surface area contributed by atoms with E-state index in [1.54, 1.807) is 6.33 Å². The molecule has 118 valence electrons. The molecule has 2 heterocycles. The van der Waals surface area contributed by atoms with Crippen molar-refractivity contribution in [3.05, 3.63) is 23.7 Å². The number of alkyl halides is 1. The number of nitrogens with one attached hydrogen (secondary N) is 1. The van der Waals surface area contributed by atoms with E-state index in [4.69, 9.17) is 11.6 Å². The number of hydrogen-bond acceptors (Lipinski definition) is 4. The maximum Gasteiger partial charge on any atom is 0.224 e. The Morgan fingerprint density at radius 1 is 1.45 bits per heavy atom. The number of likely N-dealkylation sites (tertiary alicyclic amines) is 1. The summed E-state index contributed by atoms with van der Waals surface area (Å²) in [5.41, 5.74) is 2.15. The number of amides is 1. The molecule has 0 radical (unpaired) electrons. The second kappa shape index (κ2) is 6.65. The maximum absolute atomic E-state index is 12.2. The summed E-state index contributed by atoms with van der Waals surface area (Å²) in [6.07, 6.45) is 9.08. The standard InChI is InChI=1S/C16H21ClN4O/c1-11-5-6-12(9-21(11)15(22)7-8-17)20-16-13-3-2-4-14(13)18-10-19-16/h2-3,10-12H,4-9H2,1H3,(H,18,19,20)/t11-,12+/m0/s1. The van der Waals surface area contributed by atoms with Crippen molar-refractivity contribution in [2.24, 2.45) is 0 Å². The first-order valence-corrected chi connectivity index (χ1v) is 8.35. The van der Waals surface area contributed by atoms with Gasteiger partial charge in [0.2, 0.25) is 5.91 Å². The lowest BCUT2D eigenvalue weighted by Crippen LogP contribution is -2.49. The molecule has 2 atom stereocenters. The van der Waals surface area contributed by atoms with Crippen LogP contribution in [0.25, 0.3) is 6.08 Å². The summed E-state index contributed by atoms with van der Waals surface area (Å²) >= 11 is 5.71. The maximum atomic E-state index is 12.2. The van der Waals surface area contributed by atoms with Gasteiger partial charge in [-0.1, -0.05) is 12.2 Å². The number of hydrogen-bond donors (Lipinski definition) is 1. The van der Waals surface area contributed by atoms with Gasteiger partial charge in [0.1, 0.15) is 12.1 Å². The number of carbonyl (C=O) groups is 1. The van der Waals surface area contributed by atoms with Gasteiger partial charge in [-0.3, -0.25) is 4.79 Å². The van der Waals surface area contributed by atoms with Gasteiger partial charge in [0.05, 0.1) is 5.69 Å². The highest BCUT2D eigenvalue weighted by Crippen LogP contribution is 2.26. The van der Waals surface area contributed by atoms with E-state index >= 15 is 0 Å². The highest BCUT2D eigenvalue weighted by molar-refractivity contribution is 6.18. The van der Waals surface area contributed by atoms with Crippen LogP contribution < -0.4 is 5.32 Å². The fourth-order valence-corrected chi connectivity index (χ4v) is 3.33. The Bertz CT molecular complexity index is 590. The van der Waals surface area contributed by atoms with Crippen molar-refractivity contribution in [1.82, 2.24) is 14.9 Å². The Kier molecular flexibility index (Phi) is 4.62. The van der Waals surface area contributed by atoms with Crippen molar-refractivity contribution in [2.45, 2.75) is 44.7 Å². The van der Waals surface area contributed by atoms with E-state index in [2.05, 4.69) is 34.4 Å². The Morgan fingerprint density at radius 2 is 2.32 bits per heavy atom. The van der Waals surface area contributed by atoms with Crippen LogP contribution >= 0.6 is 11.6 Å². The van der Waals surface area contributed by atoms with Crippen LogP contribution in [-0.2, 0) is 11.2 Å². The topological polar surface area (TPSA) is 58.1 Å². The van der Waals surface area contributed by atoms with Crippen LogP contribution in [-0.4, -0.2) is 45.3 Å². The van der Waals surface area contributed by atoms with E-state index in [0.717, 1.165) is 36.3 Å². The highest BCUT2D eigenvalue weighted by atomic mass is 35.5. The number of rotatable bonds is 4. The summed E-state index contributed by atoms with van der Waals surface area (Å²) in [6, 6.07) is 0.508. The molecular formula is C16H21ClN4O. The molecule has 1 fully saturated rings. The average Bonchev–Trinajstić information content (AvgIpc) is 2.99. The molecule has 1 aliphatic heterocycles. The molecule has 0 aromatic carbocycles. The molecule has 1 amide bonds. The predicted octanol–water partition coefficient (Wildman–Crippen LogP) is 2.47. The van der Waals surface area contributed by atoms with E-state index in [0.29, 0.717) is 18.8 Å². The first kappa shape index (κ1) is 15.3. The van der Waals surface area contributed by atoms with Gasteiger partial charge in [0, 0.05) is 42.9 Å². The number of aromatic nitrogens is 2. The van der Waals surface area contributed by atoms with E-state index in [-0.39, 0.29) is 18.0 Å². The van der Waals surface area contributed by atoms with Gasteiger partial charge in [-0.15, -0.1) is 11.6 Å². The van der Waals surface area contributed by atoms with Gasteiger partial charge < -0.3 is 10.2 Å². The summed E-state index contributed by atoms with van der Waals surface area (Å²) in [7, 11) is 0. The molecule has 0 spiro atoms. The Hall–Kier alpha value is -1.62. The third kappa shape index (κ3) is 3.09. The zero-order chi connectivity index (χ0) is 15.5. The van der Waals surface area contributed by atoms with Crippen molar-refractivity contribution in [1.29, 1.82) is 0 Å². The normalized spacial score (nSPS) is 23.5. The van der Waals surface area contributed by atoms with Crippen molar-refractivity contribution in [2.75, 3.05) is 17.7 Å². The number of carbonyl (C=O) groups excluding carboxylic acids is 1.